The Balaban J connectivity index is 1.74. The Labute approximate surface area is 111 Å². The number of halogens is 1. The first-order valence-electron chi connectivity index (χ1n) is 5.68. The van der Waals surface area contributed by atoms with Crippen LogP contribution in [0.4, 0.5) is 0 Å². The van der Waals surface area contributed by atoms with E-state index in [1.165, 1.54) is 0 Å². The number of nitrogens with zero attached hydrogens (tertiary/aromatic N) is 3. The fraction of sp³-hybridized carbons (Fsp3) is 0.364. The standard InChI is InChI=1S/C11H11BrN4O2/c12-7-4-13-11-14-9(6-16(11)5-7)10(17)15-18-8-2-1-3-8/h4-6,8H,1-3H2,(H,15,17). The third-order valence-electron chi connectivity index (χ3n) is 2.88. The third kappa shape index (κ3) is 2.23. The van der Waals surface area contributed by atoms with E-state index in [-0.39, 0.29) is 12.0 Å². The van der Waals surface area contributed by atoms with Gasteiger partial charge in [-0.25, -0.2) is 15.4 Å². The van der Waals surface area contributed by atoms with Crippen molar-refractivity contribution in [3.8, 4) is 0 Å². The average Bonchev–Trinajstić information content (AvgIpc) is 2.69. The van der Waals surface area contributed by atoms with Crippen molar-refractivity contribution in [3.63, 3.8) is 0 Å². The minimum atomic E-state index is -0.344. The molecular formula is C11H11BrN4O2. The zero-order valence-electron chi connectivity index (χ0n) is 9.47. The minimum Gasteiger partial charge on any atom is -0.289 e. The molecule has 2 heterocycles. The number of imidazole rings is 1. The van der Waals surface area contributed by atoms with Crippen molar-refractivity contribution in [3.05, 3.63) is 28.8 Å². The van der Waals surface area contributed by atoms with E-state index < -0.39 is 0 Å². The molecule has 0 atom stereocenters. The number of fused-ring (bicyclic) bond motifs is 1. The van der Waals surface area contributed by atoms with Gasteiger partial charge in [0.15, 0.2) is 5.69 Å². The van der Waals surface area contributed by atoms with Gasteiger partial charge in [0.2, 0.25) is 5.78 Å². The molecule has 2 aromatic heterocycles. The summed E-state index contributed by atoms with van der Waals surface area (Å²) in [5.74, 6) is 0.135. The highest BCUT2D eigenvalue weighted by Gasteiger charge is 2.20. The summed E-state index contributed by atoms with van der Waals surface area (Å²) < 4.78 is 2.51. The van der Waals surface area contributed by atoms with Crippen LogP contribution in [0.15, 0.2) is 23.1 Å². The molecular weight excluding hydrogens is 300 g/mol. The monoisotopic (exact) mass is 310 g/mol. The van der Waals surface area contributed by atoms with Crippen LogP contribution in [0.25, 0.3) is 5.78 Å². The molecule has 0 saturated heterocycles. The van der Waals surface area contributed by atoms with E-state index in [9.17, 15) is 4.79 Å². The molecule has 1 aliphatic rings. The lowest BCUT2D eigenvalue weighted by molar-refractivity contribution is -0.0509. The van der Waals surface area contributed by atoms with Crippen molar-refractivity contribution < 1.29 is 9.63 Å². The van der Waals surface area contributed by atoms with Crippen molar-refractivity contribution in [1.82, 2.24) is 19.8 Å². The second-order valence-electron chi connectivity index (χ2n) is 4.21. The number of carbonyl (C=O) groups excluding carboxylic acids is 1. The van der Waals surface area contributed by atoms with Crippen LogP contribution in [0.1, 0.15) is 29.8 Å². The van der Waals surface area contributed by atoms with Gasteiger partial charge in [0.05, 0.1) is 10.6 Å². The SMILES string of the molecule is O=C(NOC1CCC1)c1cn2cc(Br)cnc2n1. The molecule has 1 fully saturated rings. The number of nitrogens with one attached hydrogen (secondary N) is 1. The van der Waals surface area contributed by atoms with Crippen LogP contribution < -0.4 is 5.48 Å². The molecule has 0 unspecified atom stereocenters. The maximum Gasteiger partial charge on any atom is 0.295 e. The molecule has 0 bridgehead atoms. The number of aromatic nitrogens is 3. The molecule has 18 heavy (non-hydrogen) atoms. The van der Waals surface area contributed by atoms with Gasteiger partial charge in [-0.1, -0.05) is 0 Å². The van der Waals surface area contributed by atoms with Gasteiger partial charge < -0.3 is 0 Å². The number of hydroxylamine groups is 1. The first kappa shape index (κ1) is 11.6. The normalized spacial score (nSPS) is 15.6. The maximum absolute atomic E-state index is 11.8. The van der Waals surface area contributed by atoms with Crippen molar-refractivity contribution in [1.29, 1.82) is 0 Å². The summed E-state index contributed by atoms with van der Waals surface area (Å²) in [5.41, 5.74) is 2.71. The van der Waals surface area contributed by atoms with E-state index in [0.717, 1.165) is 23.7 Å². The third-order valence-corrected chi connectivity index (χ3v) is 3.29. The molecule has 0 aromatic carbocycles. The first-order chi connectivity index (χ1) is 8.72. The Kier molecular flexibility index (Phi) is 3.00. The molecule has 1 saturated carbocycles. The average molecular weight is 311 g/mol. The zero-order valence-corrected chi connectivity index (χ0v) is 11.1. The lowest BCUT2D eigenvalue weighted by Gasteiger charge is -2.24. The highest BCUT2D eigenvalue weighted by atomic mass is 79.9. The van der Waals surface area contributed by atoms with Gasteiger partial charge in [0, 0.05) is 18.6 Å². The highest BCUT2D eigenvalue weighted by molar-refractivity contribution is 9.10. The molecule has 1 N–H and O–H groups in total. The maximum atomic E-state index is 11.8. The second kappa shape index (κ2) is 4.66. The quantitative estimate of drug-likeness (QED) is 0.876. The molecule has 1 amide bonds. The highest BCUT2D eigenvalue weighted by Crippen LogP contribution is 2.20. The van der Waals surface area contributed by atoms with Crippen LogP contribution >= 0.6 is 15.9 Å². The van der Waals surface area contributed by atoms with Gasteiger partial charge in [0.1, 0.15) is 0 Å². The number of hydrogen-bond acceptors (Lipinski definition) is 4. The minimum absolute atomic E-state index is 0.151. The van der Waals surface area contributed by atoms with Crippen molar-refractivity contribution >= 4 is 27.6 Å². The van der Waals surface area contributed by atoms with Crippen LogP contribution in [-0.2, 0) is 4.84 Å². The Hall–Kier alpha value is -1.47. The summed E-state index contributed by atoms with van der Waals surface area (Å²) in [5, 5.41) is 0. The van der Waals surface area contributed by atoms with Gasteiger partial charge in [-0.05, 0) is 35.2 Å². The summed E-state index contributed by atoms with van der Waals surface area (Å²) in [6.07, 6.45) is 8.35. The molecule has 6 nitrogen and oxygen atoms in total. The lowest BCUT2D eigenvalue weighted by atomic mass is 9.97. The smallest absolute Gasteiger partial charge is 0.289 e. The molecule has 3 rings (SSSR count). The van der Waals surface area contributed by atoms with E-state index in [2.05, 4.69) is 31.4 Å². The van der Waals surface area contributed by atoms with Crippen molar-refractivity contribution in [2.75, 3.05) is 0 Å². The van der Waals surface area contributed by atoms with Gasteiger partial charge in [-0.15, -0.1) is 0 Å². The van der Waals surface area contributed by atoms with Gasteiger partial charge in [-0.2, -0.15) is 0 Å². The number of carbonyl (C=O) groups is 1. The lowest BCUT2D eigenvalue weighted by Crippen LogP contribution is -2.33. The molecule has 0 aliphatic heterocycles. The Morgan fingerprint density at radius 2 is 2.33 bits per heavy atom. The number of amides is 1. The van der Waals surface area contributed by atoms with Gasteiger partial charge in [0.25, 0.3) is 5.91 Å². The predicted molar refractivity (Wildman–Crippen MR) is 66.9 cm³/mol. The summed E-state index contributed by atoms with van der Waals surface area (Å²) in [6.45, 7) is 0. The van der Waals surface area contributed by atoms with Crippen LogP contribution in [0.3, 0.4) is 0 Å². The fourth-order valence-corrected chi connectivity index (χ4v) is 1.97. The van der Waals surface area contributed by atoms with E-state index in [0.29, 0.717) is 11.5 Å². The number of hydrogen-bond donors (Lipinski definition) is 1. The molecule has 0 radical (unpaired) electrons. The summed E-state index contributed by atoms with van der Waals surface area (Å²) in [7, 11) is 0. The Morgan fingerprint density at radius 3 is 3.06 bits per heavy atom. The van der Waals surface area contributed by atoms with Gasteiger partial charge >= 0.3 is 0 Å². The van der Waals surface area contributed by atoms with E-state index in [1.807, 2.05) is 0 Å². The predicted octanol–water partition coefficient (Wildman–Crippen LogP) is 1.71. The summed E-state index contributed by atoms with van der Waals surface area (Å²) in [6, 6.07) is 0. The van der Waals surface area contributed by atoms with Crippen molar-refractivity contribution in [2.24, 2.45) is 0 Å². The zero-order chi connectivity index (χ0) is 12.5. The van der Waals surface area contributed by atoms with Crippen LogP contribution in [-0.4, -0.2) is 26.4 Å². The molecule has 1 aliphatic carbocycles. The Bertz CT molecular complexity index is 594. The summed E-state index contributed by atoms with van der Waals surface area (Å²) >= 11 is 3.31. The molecule has 94 valence electrons. The van der Waals surface area contributed by atoms with Crippen LogP contribution in [0.2, 0.25) is 0 Å². The molecule has 0 spiro atoms. The first-order valence-corrected chi connectivity index (χ1v) is 6.48. The molecule has 2 aromatic rings. The topological polar surface area (TPSA) is 68.5 Å². The van der Waals surface area contributed by atoms with Crippen molar-refractivity contribution in [2.45, 2.75) is 25.4 Å². The molecule has 7 heteroatoms. The van der Waals surface area contributed by atoms with Gasteiger partial charge in [-0.3, -0.25) is 14.0 Å². The second-order valence-corrected chi connectivity index (χ2v) is 5.12. The fourth-order valence-electron chi connectivity index (χ4n) is 1.65. The van der Waals surface area contributed by atoms with E-state index >= 15 is 0 Å². The number of rotatable bonds is 3. The van der Waals surface area contributed by atoms with Crippen LogP contribution in [0.5, 0.6) is 0 Å². The van der Waals surface area contributed by atoms with E-state index in [4.69, 9.17) is 4.84 Å². The largest absolute Gasteiger partial charge is 0.295 e. The van der Waals surface area contributed by atoms with Crippen LogP contribution in [0, 0.1) is 0 Å². The summed E-state index contributed by atoms with van der Waals surface area (Å²) in [4.78, 5) is 25.2. The Morgan fingerprint density at radius 1 is 1.50 bits per heavy atom. The van der Waals surface area contributed by atoms with E-state index in [1.54, 1.807) is 23.0 Å².